The number of piperazine rings is 1. The maximum absolute atomic E-state index is 12.3. The van der Waals surface area contributed by atoms with Crippen LogP contribution in [-0.2, 0) is 9.59 Å². The molecule has 0 atom stereocenters. The van der Waals surface area contributed by atoms with Crippen molar-refractivity contribution in [3.05, 3.63) is 53.1 Å². The summed E-state index contributed by atoms with van der Waals surface area (Å²) in [6.45, 7) is 10.9. The molecule has 1 heterocycles. The maximum Gasteiger partial charge on any atom is 0.262 e. The van der Waals surface area contributed by atoms with Crippen LogP contribution in [0.4, 0.5) is 11.4 Å². The number of hydrogen-bond acceptors (Lipinski definition) is 4. The zero-order chi connectivity index (χ0) is 23.3. The molecule has 1 aliphatic rings. The molecule has 0 unspecified atom stereocenters. The normalized spacial score (nSPS) is 14.1. The molecule has 1 fully saturated rings. The fourth-order valence-corrected chi connectivity index (χ4v) is 3.97. The van der Waals surface area contributed by atoms with Gasteiger partial charge in [0.05, 0.1) is 10.7 Å². The molecule has 0 aliphatic carbocycles. The molecule has 6 nitrogen and oxygen atoms in total. The number of hydrogen-bond donors (Lipinski definition) is 1. The second-order valence-electron chi connectivity index (χ2n) is 8.69. The lowest BCUT2D eigenvalue weighted by Gasteiger charge is -2.37. The molecule has 32 heavy (non-hydrogen) atoms. The number of benzene rings is 2. The Labute approximate surface area is 195 Å². The molecule has 1 N–H and O–H groups in total. The van der Waals surface area contributed by atoms with E-state index in [4.69, 9.17) is 16.3 Å². The van der Waals surface area contributed by atoms with Crippen LogP contribution >= 0.6 is 11.6 Å². The number of nitrogens with zero attached hydrogens (tertiary/aromatic N) is 2. The molecule has 7 heteroatoms. The van der Waals surface area contributed by atoms with Gasteiger partial charge in [0.25, 0.3) is 5.91 Å². The van der Waals surface area contributed by atoms with Crippen LogP contribution in [0.25, 0.3) is 0 Å². The minimum absolute atomic E-state index is 0.0106. The molecule has 2 aromatic carbocycles. The molecule has 1 aliphatic heterocycles. The van der Waals surface area contributed by atoms with E-state index in [-0.39, 0.29) is 24.3 Å². The Morgan fingerprint density at radius 1 is 1.00 bits per heavy atom. The van der Waals surface area contributed by atoms with Gasteiger partial charge in [-0.25, -0.2) is 0 Å². The average Bonchev–Trinajstić information content (AvgIpc) is 2.77. The van der Waals surface area contributed by atoms with Gasteiger partial charge in [0, 0.05) is 37.8 Å². The summed E-state index contributed by atoms with van der Waals surface area (Å²) in [5.74, 6) is 1.06. The predicted octanol–water partition coefficient (Wildman–Crippen LogP) is 4.79. The molecule has 2 aromatic rings. The molecular weight excluding hydrogens is 426 g/mol. The van der Waals surface area contributed by atoms with E-state index < -0.39 is 0 Å². The van der Waals surface area contributed by atoms with Crippen molar-refractivity contribution in [3.63, 3.8) is 0 Å². The maximum atomic E-state index is 12.3. The smallest absolute Gasteiger partial charge is 0.262 e. The van der Waals surface area contributed by atoms with E-state index in [1.165, 1.54) is 5.56 Å². The summed E-state index contributed by atoms with van der Waals surface area (Å²) in [4.78, 5) is 28.5. The van der Waals surface area contributed by atoms with Gasteiger partial charge in [0.2, 0.25) is 5.91 Å². The minimum Gasteiger partial charge on any atom is -0.484 e. The van der Waals surface area contributed by atoms with E-state index in [1.54, 1.807) is 6.07 Å². The molecule has 0 bridgehead atoms. The third kappa shape index (κ3) is 6.16. The van der Waals surface area contributed by atoms with Crippen LogP contribution in [-0.4, -0.2) is 49.5 Å². The first-order valence-electron chi connectivity index (χ1n) is 11.1. The van der Waals surface area contributed by atoms with Crippen LogP contribution < -0.4 is 15.0 Å². The Morgan fingerprint density at radius 2 is 1.66 bits per heavy atom. The molecular formula is C25H32ClN3O3. The fraction of sp³-hybridized carbons (Fsp3) is 0.440. The SMILES string of the molecule is CC(C)C(=O)N1CCN(c2ccc(NC(=O)COc3ccc(C(C)C)cc3)cc2Cl)CC1. The number of ether oxygens (including phenoxy) is 1. The number of halogens is 1. The topological polar surface area (TPSA) is 61.9 Å². The van der Waals surface area contributed by atoms with Crippen molar-refractivity contribution >= 4 is 34.8 Å². The largest absolute Gasteiger partial charge is 0.484 e. The summed E-state index contributed by atoms with van der Waals surface area (Å²) in [7, 11) is 0. The van der Waals surface area contributed by atoms with Gasteiger partial charge >= 0.3 is 0 Å². The lowest BCUT2D eigenvalue weighted by atomic mass is 10.0. The summed E-state index contributed by atoms with van der Waals surface area (Å²) in [6, 6.07) is 13.3. The Hall–Kier alpha value is -2.73. The first kappa shape index (κ1) is 23.9. The Bertz CT molecular complexity index is 936. The first-order valence-corrected chi connectivity index (χ1v) is 11.5. The van der Waals surface area contributed by atoms with Crippen LogP contribution in [0, 0.1) is 5.92 Å². The van der Waals surface area contributed by atoms with Crippen LogP contribution in [0.1, 0.15) is 39.2 Å². The number of rotatable bonds is 7. The summed E-state index contributed by atoms with van der Waals surface area (Å²) < 4.78 is 5.58. The summed E-state index contributed by atoms with van der Waals surface area (Å²) in [5.41, 5.74) is 2.75. The van der Waals surface area contributed by atoms with Gasteiger partial charge in [-0.1, -0.05) is 51.4 Å². The van der Waals surface area contributed by atoms with E-state index in [0.717, 1.165) is 18.8 Å². The monoisotopic (exact) mass is 457 g/mol. The summed E-state index contributed by atoms with van der Waals surface area (Å²) >= 11 is 6.50. The zero-order valence-electron chi connectivity index (χ0n) is 19.2. The summed E-state index contributed by atoms with van der Waals surface area (Å²) in [6.07, 6.45) is 0. The highest BCUT2D eigenvalue weighted by Gasteiger charge is 2.24. The molecule has 0 saturated carbocycles. The van der Waals surface area contributed by atoms with Crippen molar-refractivity contribution in [3.8, 4) is 5.75 Å². The highest BCUT2D eigenvalue weighted by molar-refractivity contribution is 6.33. The molecule has 3 rings (SSSR count). The standard InChI is InChI=1S/C25H32ClN3O3/c1-17(2)19-5-8-21(9-6-19)32-16-24(30)27-20-7-10-23(22(26)15-20)28-11-13-29(14-12-28)25(31)18(3)4/h5-10,15,17-18H,11-14,16H2,1-4H3,(H,27,30). The predicted molar refractivity (Wildman–Crippen MR) is 130 cm³/mol. The quantitative estimate of drug-likeness (QED) is 0.649. The van der Waals surface area contributed by atoms with Gasteiger partial charge in [-0.15, -0.1) is 0 Å². The molecule has 2 amide bonds. The highest BCUT2D eigenvalue weighted by Crippen LogP contribution is 2.30. The van der Waals surface area contributed by atoms with Gasteiger partial charge in [0.15, 0.2) is 6.61 Å². The van der Waals surface area contributed by atoms with Gasteiger partial charge in [-0.05, 0) is 41.8 Å². The van der Waals surface area contributed by atoms with Crippen LogP contribution in [0.2, 0.25) is 5.02 Å². The second kappa shape index (κ2) is 10.7. The molecule has 0 aromatic heterocycles. The molecule has 172 valence electrons. The van der Waals surface area contributed by atoms with Crippen LogP contribution in [0.15, 0.2) is 42.5 Å². The van der Waals surface area contributed by atoms with Crippen molar-refractivity contribution in [2.45, 2.75) is 33.6 Å². The van der Waals surface area contributed by atoms with Crippen molar-refractivity contribution in [2.75, 3.05) is 43.0 Å². The Kier molecular flexibility index (Phi) is 8.02. The molecule has 1 saturated heterocycles. The van der Waals surface area contributed by atoms with E-state index >= 15 is 0 Å². The number of carbonyl (C=O) groups excluding carboxylic acids is 2. The van der Waals surface area contributed by atoms with Crippen molar-refractivity contribution < 1.29 is 14.3 Å². The minimum atomic E-state index is -0.248. The highest BCUT2D eigenvalue weighted by atomic mass is 35.5. The van der Waals surface area contributed by atoms with Gasteiger partial charge in [0.1, 0.15) is 5.75 Å². The van der Waals surface area contributed by atoms with Gasteiger partial charge in [-0.2, -0.15) is 0 Å². The van der Waals surface area contributed by atoms with Crippen LogP contribution in [0.5, 0.6) is 5.75 Å². The van der Waals surface area contributed by atoms with Crippen molar-refractivity contribution in [1.29, 1.82) is 0 Å². The second-order valence-corrected chi connectivity index (χ2v) is 9.10. The van der Waals surface area contributed by atoms with E-state index in [0.29, 0.717) is 35.5 Å². The Balaban J connectivity index is 1.51. The number of nitrogens with one attached hydrogen (secondary N) is 1. The Morgan fingerprint density at radius 3 is 2.22 bits per heavy atom. The first-order chi connectivity index (χ1) is 15.2. The number of anilines is 2. The van der Waals surface area contributed by atoms with E-state index in [1.807, 2.05) is 55.1 Å². The van der Waals surface area contributed by atoms with Crippen LogP contribution in [0.3, 0.4) is 0 Å². The van der Waals surface area contributed by atoms with Gasteiger partial charge < -0.3 is 19.9 Å². The third-order valence-corrected chi connectivity index (χ3v) is 5.88. The molecule has 0 spiro atoms. The van der Waals surface area contributed by atoms with E-state index in [2.05, 4.69) is 24.1 Å². The lowest BCUT2D eigenvalue weighted by Crippen LogP contribution is -2.50. The summed E-state index contributed by atoms with van der Waals surface area (Å²) in [5, 5.41) is 3.39. The fourth-order valence-electron chi connectivity index (χ4n) is 3.67. The number of amides is 2. The van der Waals surface area contributed by atoms with Crippen molar-refractivity contribution in [2.24, 2.45) is 5.92 Å². The van der Waals surface area contributed by atoms with E-state index in [9.17, 15) is 9.59 Å². The lowest BCUT2D eigenvalue weighted by molar-refractivity contribution is -0.134. The van der Waals surface area contributed by atoms with Crippen molar-refractivity contribution in [1.82, 2.24) is 4.90 Å². The average molecular weight is 458 g/mol. The number of carbonyl (C=O) groups is 2. The zero-order valence-corrected chi connectivity index (χ0v) is 20.0. The third-order valence-electron chi connectivity index (χ3n) is 5.57. The van der Waals surface area contributed by atoms with Gasteiger partial charge in [-0.3, -0.25) is 9.59 Å². The molecule has 0 radical (unpaired) electrons.